The SMILES string of the molecule is COc1c(C)cc(Br)cc1CN1CCN(CC(F)(F)F)CC1. The molecule has 0 aromatic heterocycles. The molecule has 124 valence electrons. The molecule has 0 N–H and O–H groups in total. The highest BCUT2D eigenvalue weighted by molar-refractivity contribution is 9.10. The molecular weight excluding hydrogens is 361 g/mol. The zero-order valence-electron chi connectivity index (χ0n) is 12.7. The fourth-order valence-electron chi connectivity index (χ4n) is 2.81. The second-order valence-corrected chi connectivity index (χ2v) is 6.50. The van der Waals surface area contributed by atoms with Crippen molar-refractivity contribution in [3.05, 3.63) is 27.7 Å². The number of ether oxygens (including phenoxy) is 1. The van der Waals surface area contributed by atoms with Crippen LogP contribution < -0.4 is 4.74 Å². The second-order valence-electron chi connectivity index (χ2n) is 5.58. The summed E-state index contributed by atoms with van der Waals surface area (Å²) in [6, 6.07) is 4.00. The summed E-state index contributed by atoms with van der Waals surface area (Å²) < 4.78 is 43.6. The van der Waals surface area contributed by atoms with Crippen molar-refractivity contribution >= 4 is 15.9 Å². The van der Waals surface area contributed by atoms with Gasteiger partial charge in [-0.2, -0.15) is 13.2 Å². The lowest BCUT2D eigenvalue weighted by Crippen LogP contribution is -2.48. The Labute approximate surface area is 137 Å². The van der Waals surface area contributed by atoms with E-state index in [9.17, 15) is 13.2 Å². The van der Waals surface area contributed by atoms with Crippen LogP contribution in [0.25, 0.3) is 0 Å². The monoisotopic (exact) mass is 380 g/mol. The average Bonchev–Trinajstić information content (AvgIpc) is 2.39. The number of hydrogen-bond donors (Lipinski definition) is 0. The number of benzene rings is 1. The van der Waals surface area contributed by atoms with E-state index in [1.54, 1.807) is 7.11 Å². The first-order valence-corrected chi connectivity index (χ1v) is 7.92. The van der Waals surface area contributed by atoms with Crippen LogP contribution in [0.3, 0.4) is 0 Å². The van der Waals surface area contributed by atoms with Crippen molar-refractivity contribution in [1.29, 1.82) is 0 Å². The summed E-state index contributed by atoms with van der Waals surface area (Å²) in [5, 5.41) is 0. The lowest BCUT2D eigenvalue weighted by molar-refractivity contribution is -0.149. The van der Waals surface area contributed by atoms with Gasteiger partial charge in [-0.3, -0.25) is 9.80 Å². The summed E-state index contributed by atoms with van der Waals surface area (Å²) in [5.74, 6) is 0.848. The van der Waals surface area contributed by atoms with Gasteiger partial charge in [-0.1, -0.05) is 15.9 Å². The Bertz CT molecular complexity index is 514. The van der Waals surface area contributed by atoms with E-state index >= 15 is 0 Å². The minimum atomic E-state index is -4.12. The molecule has 0 spiro atoms. The maximum atomic E-state index is 12.4. The maximum Gasteiger partial charge on any atom is 0.401 e. The van der Waals surface area contributed by atoms with E-state index in [0.717, 1.165) is 21.3 Å². The molecule has 0 bridgehead atoms. The number of aryl methyl sites for hydroxylation is 1. The number of piperazine rings is 1. The van der Waals surface area contributed by atoms with Crippen molar-refractivity contribution < 1.29 is 17.9 Å². The van der Waals surface area contributed by atoms with Gasteiger partial charge in [0, 0.05) is 42.8 Å². The standard InChI is InChI=1S/C15H20BrF3N2O/c1-11-7-13(16)8-12(14(11)22-2)9-20-3-5-21(6-4-20)10-15(17,18)19/h7-8H,3-6,9-10H2,1-2H3. The average molecular weight is 381 g/mol. The predicted molar refractivity (Wildman–Crippen MR) is 83.2 cm³/mol. The Balaban J connectivity index is 1.97. The number of halogens is 4. The molecular formula is C15H20BrF3N2O. The Hall–Kier alpha value is -0.790. The molecule has 1 saturated heterocycles. The molecule has 1 fully saturated rings. The van der Waals surface area contributed by atoms with Gasteiger partial charge in [0.1, 0.15) is 5.75 Å². The first-order chi connectivity index (χ1) is 10.3. The third kappa shape index (κ3) is 4.86. The topological polar surface area (TPSA) is 15.7 Å². The Morgan fingerprint density at radius 1 is 1.14 bits per heavy atom. The molecule has 1 aliphatic heterocycles. The van der Waals surface area contributed by atoms with Gasteiger partial charge in [0.2, 0.25) is 0 Å². The minimum Gasteiger partial charge on any atom is -0.496 e. The summed E-state index contributed by atoms with van der Waals surface area (Å²) in [6.07, 6.45) is -4.12. The van der Waals surface area contributed by atoms with Gasteiger partial charge in [0.15, 0.2) is 0 Å². The third-order valence-corrected chi connectivity index (χ3v) is 4.24. The summed E-state index contributed by atoms with van der Waals surface area (Å²) in [7, 11) is 1.64. The molecule has 1 aliphatic rings. The second kappa shape index (κ2) is 7.19. The van der Waals surface area contributed by atoms with E-state index in [1.165, 1.54) is 4.90 Å². The van der Waals surface area contributed by atoms with Gasteiger partial charge in [0.25, 0.3) is 0 Å². The predicted octanol–water partition coefficient (Wildman–Crippen LogP) is 3.45. The van der Waals surface area contributed by atoms with Crippen LogP contribution in [0, 0.1) is 6.92 Å². The van der Waals surface area contributed by atoms with Crippen LogP contribution in [0.2, 0.25) is 0 Å². The number of methoxy groups -OCH3 is 1. The van der Waals surface area contributed by atoms with Gasteiger partial charge in [-0.25, -0.2) is 0 Å². The highest BCUT2D eigenvalue weighted by atomic mass is 79.9. The summed E-state index contributed by atoms with van der Waals surface area (Å²) >= 11 is 3.48. The lowest BCUT2D eigenvalue weighted by Gasteiger charge is -2.35. The van der Waals surface area contributed by atoms with E-state index in [4.69, 9.17) is 4.74 Å². The Morgan fingerprint density at radius 2 is 1.73 bits per heavy atom. The molecule has 1 heterocycles. The largest absolute Gasteiger partial charge is 0.496 e. The highest BCUT2D eigenvalue weighted by Crippen LogP contribution is 2.29. The molecule has 22 heavy (non-hydrogen) atoms. The first kappa shape index (κ1) is 17.6. The quantitative estimate of drug-likeness (QED) is 0.795. The molecule has 1 aromatic rings. The molecule has 0 saturated carbocycles. The number of rotatable bonds is 4. The Morgan fingerprint density at radius 3 is 2.27 bits per heavy atom. The number of alkyl halides is 3. The zero-order chi connectivity index (χ0) is 16.3. The fourth-order valence-corrected chi connectivity index (χ4v) is 3.43. The molecule has 7 heteroatoms. The van der Waals surface area contributed by atoms with Crippen LogP contribution in [0.4, 0.5) is 13.2 Å². The highest BCUT2D eigenvalue weighted by Gasteiger charge is 2.32. The summed E-state index contributed by atoms with van der Waals surface area (Å²) in [4.78, 5) is 3.62. The molecule has 0 aliphatic carbocycles. The molecule has 2 rings (SSSR count). The van der Waals surface area contributed by atoms with Crippen LogP contribution in [-0.4, -0.2) is 55.8 Å². The third-order valence-electron chi connectivity index (χ3n) is 3.78. The maximum absolute atomic E-state index is 12.4. The molecule has 0 radical (unpaired) electrons. The molecule has 1 aromatic carbocycles. The van der Waals surface area contributed by atoms with Gasteiger partial charge in [0.05, 0.1) is 13.7 Å². The van der Waals surface area contributed by atoms with Gasteiger partial charge in [-0.15, -0.1) is 0 Å². The van der Waals surface area contributed by atoms with Crippen molar-refractivity contribution in [2.24, 2.45) is 0 Å². The van der Waals surface area contributed by atoms with Crippen molar-refractivity contribution in [2.45, 2.75) is 19.6 Å². The van der Waals surface area contributed by atoms with Gasteiger partial charge in [-0.05, 0) is 24.6 Å². The first-order valence-electron chi connectivity index (χ1n) is 7.13. The van der Waals surface area contributed by atoms with Crippen LogP contribution in [0.15, 0.2) is 16.6 Å². The number of nitrogens with zero attached hydrogens (tertiary/aromatic N) is 2. The summed E-state index contributed by atoms with van der Waals surface area (Å²) in [6.45, 7) is 3.98. The van der Waals surface area contributed by atoms with E-state index in [2.05, 4.69) is 20.8 Å². The smallest absolute Gasteiger partial charge is 0.401 e. The molecule has 0 unspecified atom stereocenters. The molecule has 3 nitrogen and oxygen atoms in total. The zero-order valence-corrected chi connectivity index (χ0v) is 14.3. The normalized spacial score (nSPS) is 17.7. The lowest BCUT2D eigenvalue weighted by atomic mass is 10.1. The van der Waals surface area contributed by atoms with E-state index in [-0.39, 0.29) is 0 Å². The van der Waals surface area contributed by atoms with Crippen molar-refractivity contribution in [1.82, 2.24) is 9.80 Å². The van der Waals surface area contributed by atoms with E-state index in [0.29, 0.717) is 32.7 Å². The van der Waals surface area contributed by atoms with Crippen LogP contribution in [0.5, 0.6) is 5.75 Å². The molecule has 0 atom stereocenters. The van der Waals surface area contributed by atoms with E-state index in [1.807, 2.05) is 19.1 Å². The van der Waals surface area contributed by atoms with Crippen molar-refractivity contribution in [3.8, 4) is 5.75 Å². The molecule has 0 amide bonds. The number of hydrogen-bond acceptors (Lipinski definition) is 3. The van der Waals surface area contributed by atoms with Crippen LogP contribution in [-0.2, 0) is 6.54 Å². The van der Waals surface area contributed by atoms with Gasteiger partial charge < -0.3 is 4.74 Å². The van der Waals surface area contributed by atoms with Gasteiger partial charge >= 0.3 is 6.18 Å². The van der Waals surface area contributed by atoms with Crippen molar-refractivity contribution in [2.75, 3.05) is 39.8 Å². The van der Waals surface area contributed by atoms with Crippen molar-refractivity contribution in [3.63, 3.8) is 0 Å². The Kier molecular flexibility index (Phi) is 5.74. The summed E-state index contributed by atoms with van der Waals surface area (Å²) in [5.41, 5.74) is 2.10. The van der Waals surface area contributed by atoms with E-state index < -0.39 is 12.7 Å². The van der Waals surface area contributed by atoms with Crippen LogP contribution in [0.1, 0.15) is 11.1 Å². The fraction of sp³-hybridized carbons (Fsp3) is 0.600. The minimum absolute atomic E-state index is 0.439. The van der Waals surface area contributed by atoms with Crippen LogP contribution >= 0.6 is 15.9 Å².